The van der Waals surface area contributed by atoms with Gasteiger partial charge in [-0.05, 0) is 50.4 Å². The van der Waals surface area contributed by atoms with E-state index >= 15 is 0 Å². The molecule has 1 amide bonds. The van der Waals surface area contributed by atoms with Crippen molar-refractivity contribution in [2.75, 3.05) is 13.1 Å². The van der Waals surface area contributed by atoms with Crippen LogP contribution in [0.1, 0.15) is 41.0 Å². The molecule has 0 spiro atoms. The number of nitrogens with one attached hydrogen (secondary N) is 1. The Morgan fingerprint density at radius 2 is 1.96 bits per heavy atom. The van der Waals surface area contributed by atoms with E-state index in [0.29, 0.717) is 0 Å². The first-order valence-electron chi connectivity index (χ1n) is 8.39. The summed E-state index contributed by atoms with van der Waals surface area (Å²) in [5, 5.41) is 16.2. The maximum atomic E-state index is 12.6. The van der Waals surface area contributed by atoms with Crippen molar-refractivity contribution in [2.24, 2.45) is 0 Å². The fourth-order valence-corrected chi connectivity index (χ4v) is 4.37. The number of benzene rings is 1. The maximum Gasteiger partial charge on any atom is 0.282 e. The highest BCUT2D eigenvalue weighted by Crippen LogP contribution is 2.31. The molecule has 25 heavy (non-hydrogen) atoms. The number of carbonyl (C=O) groups excluding carboxylic acids is 1. The van der Waals surface area contributed by atoms with E-state index in [1.807, 2.05) is 18.4 Å². The summed E-state index contributed by atoms with van der Waals surface area (Å²) in [5.41, 5.74) is -0.0632. The number of para-hydroxylation sites is 1. The van der Waals surface area contributed by atoms with Crippen LogP contribution in [0.4, 0.5) is 5.69 Å². The summed E-state index contributed by atoms with van der Waals surface area (Å²) in [6.07, 6.45) is 2.32. The van der Waals surface area contributed by atoms with Crippen LogP contribution in [0.5, 0.6) is 0 Å². The smallest absolute Gasteiger partial charge is 0.282 e. The van der Waals surface area contributed by atoms with Crippen LogP contribution in [0.25, 0.3) is 0 Å². The van der Waals surface area contributed by atoms with Gasteiger partial charge in [-0.1, -0.05) is 18.2 Å². The van der Waals surface area contributed by atoms with Crippen LogP contribution in [0.3, 0.4) is 0 Å². The van der Waals surface area contributed by atoms with Gasteiger partial charge in [0.25, 0.3) is 11.6 Å². The quantitative estimate of drug-likeness (QED) is 0.631. The number of thiophene rings is 1. The van der Waals surface area contributed by atoms with Gasteiger partial charge >= 0.3 is 0 Å². The van der Waals surface area contributed by atoms with E-state index in [9.17, 15) is 14.9 Å². The number of nitrogens with zero attached hydrogens (tertiary/aromatic N) is 2. The molecule has 2 heterocycles. The average Bonchev–Trinajstić information content (AvgIpc) is 3.29. The van der Waals surface area contributed by atoms with Gasteiger partial charge in [0.15, 0.2) is 0 Å². The monoisotopic (exact) mass is 359 g/mol. The Morgan fingerprint density at radius 3 is 2.60 bits per heavy atom. The fraction of sp³-hybridized carbons (Fsp3) is 0.389. The van der Waals surface area contributed by atoms with Gasteiger partial charge in [-0.2, -0.15) is 0 Å². The number of hydrogen-bond acceptors (Lipinski definition) is 5. The Balaban J connectivity index is 1.80. The normalized spacial score (nSPS) is 17.2. The Kier molecular flexibility index (Phi) is 5.45. The largest absolute Gasteiger partial charge is 0.347 e. The van der Waals surface area contributed by atoms with E-state index in [2.05, 4.69) is 16.3 Å². The molecule has 1 aliphatic heterocycles. The zero-order valence-corrected chi connectivity index (χ0v) is 14.9. The predicted octanol–water partition coefficient (Wildman–Crippen LogP) is 3.61. The minimum atomic E-state index is -0.517. The molecule has 0 aliphatic carbocycles. The van der Waals surface area contributed by atoms with Crippen LogP contribution in [0.15, 0.2) is 41.8 Å². The van der Waals surface area contributed by atoms with Crippen molar-refractivity contribution in [3.8, 4) is 0 Å². The SMILES string of the molecule is C[C@H](NC(=O)c1ccccc1[N+](=O)[O-])[C@@H](c1cccs1)N1CCCC1. The van der Waals surface area contributed by atoms with Crippen LogP contribution in [-0.2, 0) is 0 Å². The van der Waals surface area contributed by atoms with Gasteiger partial charge in [0.05, 0.1) is 11.0 Å². The van der Waals surface area contributed by atoms with Gasteiger partial charge in [0.2, 0.25) is 0 Å². The van der Waals surface area contributed by atoms with Gasteiger partial charge in [-0.15, -0.1) is 11.3 Å². The minimum absolute atomic E-state index is 0.0919. The lowest BCUT2D eigenvalue weighted by Gasteiger charge is -2.32. The van der Waals surface area contributed by atoms with E-state index in [1.165, 1.54) is 17.0 Å². The summed E-state index contributed by atoms with van der Waals surface area (Å²) in [7, 11) is 0. The second-order valence-electron chi connectivity index (χ2n) is 6.24. The molecular weight excluding hydrogens is 338 g/mol. The minimum Gasteiger partial charge on any atom is -0.347 e. The van der Waals surface area contributed by atoms with Crippen LogP contribution < -0.4 is 5.32 Å². The summed E-state index contributed by atoms with van der Waals surface area (Å²) in [6, 6.07) is 10.1. The Bertz CT molecular complexity index is 742. The molecule has 0 bridgehead atoms. The van der Waals surface area contributed by atoms with Gasteiger partial charge in [-0.25, -0.2) is 0 Å². The van der Waals surface area contributed by atoms with E-state index in [1.54, 1.807) is 23.5 Å². The lowest BCUT2D eigenvalue weighted by molar-refractivity contribution is -0.385. The summed E-state index contributed by atoms with van der Waals surface area (Å²) < 4.78 is 0. The molecule has 1 aromatic carbocycles. The third-order valence-corrected chi connectivity index (χ3v) is 5.49. The topological polar surface area (TPSA) is 75.5 Å². The molecule has 0 unspecified atom stereocenters. The van der Waals surface area contributed by atoms with Gasteiger partial charge in [0, 0.05) is 17.0 Å². The molecule has 0 radical (unpaired) electrons. The van der Waals surface area contributed by atoms with Crippen LogP contribution in [0.2, 0.25) is 0 Å². The third kappa shape index (κ3) is 3.88. The van der Waals surface area contributed by atoms with E-state index in [0.717, 1.165) is 25.9 Å². The standard InChI is InChI=1S/C18H21N3O3S/c1-13(17(16-9-6-12-25-16)20-10-4-5-11-20)19-18(22)14-7-2-3-8-15(14)21(23)24/h2-3,6-9,12-13,17H,4-5,10-11H2,1H3,(H,19,22)/t13-,17-/m0/s1. The molecule has 0 saturated carbocycles. The molecule has 1 aromatic heterocycles. The summed E-state index contributed by atoms with van der Waals surface area (Å²) >= 11 is 1.68. The van der Waals surface area contributed by atoms with Crippen molar-refractivity contribution < 1.29 is 9.72 Å². The predicted molar refractivity (Wildman–Crippen MR) is 97.9 cm³/mol. The lowest BCUT2D eigenvalue weighted by Crippen LogP contribution is -2.43. The second-order valence-corrected chi connectivity index (χ2v) is 7.22. The van der Waals surface area contributed by atoms with Crippen LogP contribution in [0, 0.1) is 10.1 Å². The molecule has 2 atom stereocenters. The van der Waals surface area contributed by atoms with E-state index in [-0.39, 0.29) is 23.3 Å². The Labute approximate surface area is 150 Å². The number of rotatable bonds is 6. The van der Waals surface area contributed by atoms with E-state index in [4.69, 9.17) is 0 Å². The number of carbonyl (C=O) groups is 1. The van der Waals surface area contributed by atoms with Crippen molar-refractivity contribution >= 4 is 22.9 Å². The fourth-order valence-electron chi connectivity index (χ4n) is 3.41. The number of hydrogen-bond donors (Lipinski definition) is 1. The van der Waals surface area contributed by atoms with Gasteiger partial charge in [-0.3, -0.25) is 19.8 Å². The molecular formula is C18H21N3O3S. The zero-order valence-electron chi connectivity index (χ0n) is 14.1. The molecule has 1 fully saturated rings. The second kappa shape index (κ2) is 7.76. The number of amides is 1. The first-order chi connectivity index (χ1) is 12.1. The summed E-state index contributed by atoms with van der Waals surface area (Å²) in [4.78, 5) is 26.9. The number of nitro benzene ring substituents is 1. The molecule has 3 rings (SSSR count). The van der Waals surface area contributed by atoms with Crippen molar-refractivity contribution in [3.63, 3.8) is 0 Å². The van der Waals surface area contributed by atoms with Crippen molar-refractivity contribution in [2.45, 2.75) is 31.8 Å². The average molecular weight is 359 g/mol. The lowest BCUT2D eigenvalue weighted by atomic mass is 10.1. The molecule has 1 saturated heterocycles. The maximum absolute atomic E-state index is 12.6. The van der Waals surface area contributed by atoms with Gasteiger partial charge in [0.1, 0.15) is 5.56 Å². The third-order valence-electron chi connectivity index (χ3n) is 4.55. The van der Waals surface area contributed by atoms with Crippen molar-refractivity contribution in [1.82, 2.24) is 10.2 Å². The highest BCUT2D eigenvalue weighted by atomic mass is 32.1. The Morgan fingerprint density at radius 1 is 1.24 bits per heavy atom. The first kappa shape index (κ1) is 17.6. The Hall–Kier alpha value is -2.25. The number of nitro groups is 1. The highest BCUT2D eigenvalue weighted by molar-refractivity contribution is 7.10. The van der Waals surface area contributed by atoms with Crippen molar-refractivity contribution in [3.05, 3.63) is 62.3 Å². The number of likely N-dealkylation sites (tertiary alicyclic amines) is 1. The van der Waals surface area contributed by atoms with Gasteiger partial charge < -0.3 is 5.32 Å². The van der Waals surface area contributed by atoms with Crippen molar-refractivity contribution in [1.29, 1.82) is 0 Å². The molecule has 1 N–H and O–H groups in total. The molecule has 2 aromatic rings. The highest BCUT2D eigenvalue weighted by Gasteiger charge is 2.31. The summed E-state index contributed by atoms with van der Waals surface area (Å²) in [5.74, 6) is -0.402. The first-order valence-corrected chi connectivity index (χ1v) is 9.27. The summed E-state index contributed by atoms with van der Waals surface area (Å²) in [6.45, 7) is 3.98. The zero-order chi connectivity index (χ0) is 17.8. The molecule has 7 heteroatoms. The van der Waals surface area contributed by atoms with Crippen LogP contribution in [-0.4, -0.2) is 34.9 Å². The van der Waals surface area contributed by atoms with Crippen LogP contribution >= 0.6 is 11.3 Å². The molecule has 6 nitrogen and oxygen atoms in total. The molecule has 132 valence electrons. The van der Waals surface area contributed by atoms with E-state index < -0.39 is 10.8 Å². The molecule has 1 aliphatic rings.